The Labute approximate surface area is 99.7 Å². The molecule has 1 N–H and O–H groups in total. The molecule has 0 aromatic carbocycles. The molecule has 0 spiro atoms. The largest absolute Gasteiger partial charge is 0.478 e. The van der Waals surface area contributed by atoms with Crippen LogP contribution in [-0.2, 0) is 4.79 Å². The fourth-order valence-electron chi connectivity index (χ4n) is 1.99. The number of allylic oxidation sites excluding steroid dienone is 1. The van der Waals surface area contributed by atoms with Crippen LogP contribution in [0.2, 0.25) is 0 Å². The lowest BCUT2D eigenvalue weighted by atomic mass is 9.96. The van der Waals surface area contributed by atoms with Gasteiger partial charge in [0.05, 0.1) is 0 Å². The van der Waals surface area contributed by atoms with Crippen LogP contribution in [0.3, 0.4) is 0 Å². The van der Waals surface area contributed by atoms with E-state index in [0.29, 0.717) is 12.0 Å². The van der Waals surface area contributed by atoms with Crippen LogP contribution in [0.15, 0.2) is 11.1 Å². The van der Waals surface area contributed by atoms with E-state index in [4.69, 9.17) is 5.11 Å². The van der Waals surface area contributed by atoms with Gasteiger partial charge in [0.15, 0.2) is 0 Å². The monoisotopic (exact) mass is 226 g/mol. The molecule has 0 heterocycles. The maximum Gasteiger partial charge on any atom is 0.331 e. The minimum absolute atomic E-state index is 0.668. The second-order valence-corrected chi connectivity index (χ2v) is 4.30. The topological polar surface area (TPSA) is 37.3 Å². The molecule has 0 aliphatic carbocycles. The quantitative estimate of drug-likeness (QED) is 0.462. The van der Waals surface area contributed by atoms with Crippen molar-refractivity contribution >= 4 is 5.97 Å². The number of rotatable bonds is 9. The summed E-state index contributed by atoms with van der Waals surface area (Å²) in [4.78, 5) is 11.1. The van der Waals surface area contributed by atoms with Crippen LogP contribution < -0.4 is 0 Å². The van der Waals surface area contributed by atoms with Gasteiger partial charge in [0.1, 0.15) is 0 Å². The van der Waals surface area contributed by atoms with Gasteiger partial charge in [-0.2, -0.15) is 0 Å². The number of carboxylic acids is 1. The number of aliphatic carboxylic acids is 1. The van der Waals surface area contributed by atoms with E-state index >= 15 is 0 Å². The van der Waals surface area contributed by atoms with Crippen LogP contribution in [0.25, 0.3) is 0 Å². The lowest BCUT2D eigenvalue weighted by Crippen LogP contribution is -2.04. The van der Waals surface area contributed by atoms with Gasteiger partial charge in [0.25, 0.3) is 0 Å². The Balaban J connectivity index is 4.37. The van der Waals surface area contributed by atoms with Gasteiger partial charge in [0, 0.05) is 5.57 Å². The van der Waals surface area contributed by atoms with Crippen molar-refractivity contribution in [1.29, 1.82) is 0 Å². The summed E-state index contributed by atoms with van der Waals surface area (Å²) in [6.07, 6.45) is 8.33. The van der Waals surface area contributed by atoms with Gasteiger partial charge in [0.2, 0.25) is 0 Å². The van der Waals surface area contributed by atoms with Gasteiger partial charge in [-0.05, 0) is 25.7 Å². The first-order valence-electron chi connectivity index (χ1n) is 6.61. The summed E-state index contributed by atoms with van der Waals surface area (Å²) >= 11 is 0. The molecule has 0 bridgehead atoms. The molecule has 0 unspecified atom stereocenters. The summed E-state index contributed by atoms with van der Waals surface area (Å²) in [7, 11) is 0. The lowest BCUT2D eigenvalue weighted by Gasteiger charge is -2.10. The minimum atomic E-state index is -0.714. The minimum Gasteiger partial charge on any atom is -0.478 e. The molecule has 0 radical (unpaired) electrons. The van der Waals surface area contributed by atoms with Gasteiger partial charge >= 0.3 is 5.97 Å². The molecule has 16 heavy (non-hydrogen) atoms. The van der Waals surface area contributed by atoms with Crippen molar-refractivity contribution < 1.29 is 9.90 Å². The number of carbonyl (C=O) groups is 1. The normalized spacial score (nSPS) is 12.4. The molecular weight excluding hydrogens is 200 g/mol. The first kappa shape index (κ1) is 15.2. The van der Waals surface area contributed by atoms with Crippen molar-refractivity contribution in [2.45, 2.75) is 72.1 Å². The molecule has 0 aliphatic heterocycles. The fourth-order valence-corrected chi connectivity index (χ4v) is 1.99. The molecule has 0 atom stereocenters. The summed E-state index contributed by atoms with van der Waals surface area (Å²) in [6, 6.07) is 0. The van der Waals surface area contributed by atoms with Crippen molar-refractivity contribution in [2.75, 3.05) is 0 Å². The average molecular weight is 226 g/mol. The molecule has 0 saturated heterocycles. The van der Waals surface area contributed by atoms with Crippen molar-refractivity contribution in [1.82, 2.24) is 0 Å². The molecule has 2 nitrogen and oxygen atoms in total. The van der Waals surface area contributed by atoms with Gasteiger partial charge in [-0.25, -0.2) is 4.79 Å². The summed E-state index contributed by atoms with van der Waals surface area (Å²) in [6.45, 7) is 6.29. The van der Waals surface area contributed by atoms with E-state index in [9.17, 15) is 4.79 Å². The maximum atomic E-state index is 11.1. The number of carboxylic acid groups (broad SMARTS) is 1. The van der Waals surface area contributed by atoms with E-state index < -0.39 is 5.97 Å². The molecule has 0 amide bonds. The molecule has 0 aromatic rings. The number of unbranched alkanes of at least 4 members (excludes halogenated alkanes) is 3. The molecule has 2 heteroatoms. The van der Waals surface area contributed by atoms with E-state index in [1.54, 1.807) is 0 Å². The third-order valence-corrected chi connectivity index (χ3v) is 2.94. The molecule has 0 aliphatic rings. The summed E-state index contributed by atoms with van der Waals surface area (Å²) in [5.74, 6) is -0.714. The van der Waals surface area contributed by atoms with Crippen LogP contribution >= 0.6 is 0 Å². The second kappa shape index (κ2) is 9.44. The smallest absolute Gasteiger partial charge is 0.331 e. The summed E-state index contributed by atoms with van der Waals surface area (Å²) in [5.41, 5.74) is 1.83. The van der Waals surface area contributed by atoms with Crippen molar-refractivity contribution in [3.05, 3.63) is 11.1 Å². The third-order valence-electron chi connectivity index (χ3n) is 2.94. The second-order valence-electron chi connectivity index (χ2n) is 4.30. The Morgan fingerprint density at radius 1 is 0.938 bits per heavy atom. The number of hydrogen-bond donors (Lipinski definition) is 1. The van der Waals surface area contributed by atoms with Gasteiger partial charge < -0.3 is 5.11 Å². The van der Waals surface area contributed by atoms with Crippen LogP contribution in [0.4, 0.5) is 0 Å². The van der Waals surface area contributed by atoms with Crippen LogP contribution in [0, 0.1) is 0 Å². The van der Waals surface area contributed by atoms with E-state index in [2.05, 4.69) is 13.8 Å². The highest BCUT2D eigenvalue weighted by Gasteiger charge is 2.11. The van der Waals surface area contributed by atoms with Crippen LogP contribution in [-0.4, -0.2) is 11.1 Å². The van der Waals surface area contributed by atoms with E-state index in [1.807, 2.05) is 6.92 Å². The highest BCUT2D eigenvalue weighted by Crippen LogP contribution is 2.21. The van der Waals surface area contributed by atoms with Crippen molar-refractivity contribution in [3.63, 3.8) is 0 Å². The highest BCUT2D eigenvalue weighted by molar-refractivity contribution is 5.87. The van der Waals surface area contributed by atoms with E-state index in [1.165, 1.54) is 19.3 Å². The number of hydrogen-bond acceptors (Lipinski definition) is 1. The Bertz CT molecular complexity index is 229. The first-order valence-corrected chi connectivity index (χ1v) is 6.61. The fraction of sp³-hybridized carbons (Fsp3) is 0.786. The molecule has 0 rings (SSSR count). The highest BCUT2D eigenvalue weighted by atomic mass is 16.4. The van der Waals surface area contributed by atoms with Crippen molar-refractivity contribution in [2.24, 2.45) is 0 Å². The van der Waals surface area contributed by atoms with Crippen LogP contribution in [0.5, 0.6) is 0 Å². The van der Waals surface area contributed by atoms with Gasteiger partial charge in [-0.3, -0.25) is 0 Å². The SMILES string of the molecule is CCCCCCC(CC)=C(CCC)C(=O)O. The average Bonchev–Trinajstić information content (AvgIpc) is 2.27. The molecule has 0 saturated carbocycles. The Kier molecular flexibility index (Phi) is 8.97. The Morgan fingerprint density at radius 3 is 2.06 bits per heavy atom. The zero-order valence-corrected chi connectivity index (χ0v) is 11.0. The third kappa shape index (κ3) is 5.94. The van der Waals surface area contributed by atoms with Crippen molar-refractivity contribution in [3.8, 4) is 0 Å². The molecular formula is C14H26O2. The zero-order chi connectivity index (χ0) is 12.4. The molecule has 0 aromatic heterocycles. The predicted molar refractivity (Wildman–Crippen MR) is 68.6 cm³/mol. The Morgan fingerprint density at radius 2 is 1.62 bits per heavy atom. The summed E-state index contributed by atoms with van der Waals surface area (Å²) < 4.78 is 0. The first-order chi connectivity index (χ1) is 7.67. The Hall–Kier alpha value is -0.790. The lowest BCUT2D eigenvalue weighted by molar-refractivity contribution is -0.132. The zero-order valence-electron chi connectivity index (χ0n) is 11.0. The summed E-state index contributed by atoms with van der Waals surface area (Å²) in [5, 5.41) is 9.15. The van der Waals surface area contributed by atoms with Gasteiger partial charge in [-0.15, -0.1) is 0 Å². The van der Waals surface area contributed by atoms with Crippen LogP contribution in [0.1, 0.15) is 72.1 Å². The van der Waals surface area contributed by atoms with E-state index in [-0.39, 0.29) is 0 Å². The predicted octanol–water partition coefficient (Wildman–Crippen LogP) is 4.55. The molecule has 0 fully saturated rings. The standard InChI is InChI=1S/C14H26O2/c1-4-7-8-9-11-12(6-3)13(10-5-2)14(15)16/h4-11H2,1-3H3,(H,15,16). The van der Waals surface area contributed by atoms with Gasteiger partial charge in [-0.1, -0.05) is 52.0 Å². The van der Waals surface area contributed by atoms with E-state index in [0.717, 1.165) is 31.3 Å². The molecule has 94 valence electrons. The maximum absolute atomic E-state index is 11.1.